The van der Waals surface area contributed by atoms with E-state index in [1.165, 1.54) is 44.1 Å². The fraction of sp³-hybridized carbons (Fsp3) is 0.857. The Bertz CT molecular complexity index is 548. The van der Waals surface area contributed by atoms with Gasteiger partial charge in [0.05, 0.1) is 6.10 Å². The molecule has 0 aromatic rings. The second-order valence-corrected chi connectivity index (χ2v) is 9.32. The summed E-state index contributed by atoms with van der Waals surface area (Å²) in [6.07, 6.45) is 11.8. The molecule has 7 unspecified atom stereocenters. The van der Waals surface area contributed by atoms with Crippen LogP contribution in [0.3, 0.4) is 0 Å². The van der Waals surface area contributed by atoms with Gasteiger partial charge in [0.2, 0.25) is 0 Å². The molecule has 3 fully saturated rings. The first kappa shape index (κ1) is 15.9. The van der Waals surface area contributed by atoms with Gasteiger partial charge in [-0.05, 0) is 80.6 Å². The van der Waals surface area contributed by atoms with Gasteiger partial charge >= 0.3 is 0 Å². The second-order valence-electron chi connectivity index (χ2n) is 9.32. The zero-order valence-electron chi connectivity index (χ0n) is 15.0. The van der Waals surface area contributed by atoms with Crippen LogP contribution in [0, 0.1) is 34.5 Å². The predicted octanol–water partition coefficient (Wildman–Crippen LogP) is 4.52. The van der Waals surface area contributed by atoms with Crippen LogP contribution in [0.5, 0.6) is 0 Å². The van der Waals surface area contributed by atoms with E-state index < -0.39 is 0 Å². The predicted molar refractivity (Wildman–Crippen MR) is 91.9 cm³/mol. The zero-order valence-corrected chi connectivity index (χ0v) is 15.0. The molecule has 4 aliphatic carbocycles. The van der Waals surface area contributed by atoms with Crippen LogP contribution in [-0.2, 0) is 4.79 Å². The molecule has 0 aliphatic heterocycles. The molecule has 128 valence electrons. The lowest BCUT2D eigenvalue weighted by molar-refractivity contribution is -0.133. The summed E-state index contributed by atoms with van der Waals surface area (Å²) in [5.41, 5.74) is 1.47. The number of hydrogen-bond acceptors (Lipinski definition) is 2. The van der Waals surface area contributed by atoms with Crippen LogP contribution in [0.15, 0.2) is 11.6 Å². The molecule has 0 amide bonds. The number of fused-ring (bicyclic) bond motifs is 5. The highest BCUT2D eigenvalue weighted by Crippen LogP contribution is 2.64. The van der Waals surface area contributed by atoms with E-state index in [9.17, 15) is 9.90 Å². The average Bonchev–Trinajstić information content (AvgIpc) is 2.87. The maximum absolute atomic E-state index is 13.2. The Morgan fingerprint density at radius 1 is 1.13 bits per heavy atom. The average molecular weight is 316 g/mol. The lowest BCUT2D eigenvalue weighted by Gasteiger charge is -2.55. The van der Waals surface area contributed by atoms with Gasteiger partial charge in [0.25, 0.3) is 0 Å². The van der Waals surface area contributed by atoms with E-state index in [1.807, 2.05) is 6.92 Å². The molecule has 3 saturated carbocycles. The Labute approximate surface area is 140 Å². The molecule has 1 N–H and O–H groups in total. The third kappa shape index (κ3) is 2.00. The van der Waals surface area contributed by atoms with Crippen molar-refractivity contribution < 1.29 is 9.90 Å². The first-order valence-electron chi connectivity index (χ1n) is 9.83. The lowest BCUT2D eigenvalue weighted by Crippen LogP contribution is -2.51. The minimum Gasteiger partial charge on any atom is -0.393 e. The normalized spacial score (nSPS) is 50.6. The number of carbonyl (C=O) groups is 1. The van der Waals surface area contributed by atoms with Crippen LogP contribution in [-0.4, -0.2) is 17.0 Å². The smallest absolute Gasteiger partial charge is 0.162 e. The van der Waals surface area contributed by atoms with Crippen molar-refractivity contribution in [2.45, 2.75) is 78.2 Å². The molecule has 23 heavy (non-hydrogen) atoms. The van der Waals surface area contributed by atoms with Gasteiger partial charge in [-0.25, -0.2) is 0 Å². The molecule has 0 saturated heterocycles. The van der Waals surface area contributed by atoms with Crippen molar-refractivity contribution in [3.63, 3.8) is 0 Å². The number of hydrogen-bond donors (Lipinski definition) is 1. The summed E-state index contributed by atoms with van der Waals surface area (Å²) in [6, 6.07) is 0. The topological polar surface area (TPSA) is 37.3 Å². The van der Waals surface area contributed by atoms with Crippen LogP contribution in [0.4, 0.5) is 0 Å². The van der Waals surface area contributed by atoms with E-state index in [4.69, 9.17) is 0 Å². The third-order valence-electron chi connectivity index (χ3n) is 8.50. The summed E-state index contributed by atoms with van der Waals surface area (Å²) in [7, 11) is 0. The number of ketones is 1. The number of aliphatic hydroxyl groups is 1. The number of aliphatic hydroxyl groups excluding tert-OH is 1. The van der Waals surface area contributed by atoms with Gasteiger partial charge in [-0.15, -0.1) is 0 Å². The standard InChI is InChI=1S/C21H32O2/c1-13(22)16-9-10-17-15-8-7-14-6-4-5-11-20(14,2)18(15)12-19(23)21(16,17)3/h12-17,22H,4-11H2,1-3H3. The summed E-state index contributed by atoms with van der Waals surface area (Å²) in [5.74, 6) is 2.33. The molecule has 2 nitrogen and oxygen atoms in total. The minimum atomic E-state index is -0.370. The maximum atomic E-state index is 13.2. The van der Waals surface area contributed by atoms with E-state index >= 15 is 0 Å². The van der Waals surface area contributed by atoms with Crippen molar-refractivity contribution in [3.05, 3.63) is 11.6 Å². The highest BCUT2D eigenvalue weighted by molar-refractivity contribution is 5.97. The van der Waals surface area contributed by atoms with E-state index in [0.717, 1.165) is 18.8 Å². The molecule has 0 spiro atoms. The molecular weight excluding hydrogens is 284 g/mol. The monoisotopic (exact) mass is 316 g/mol. The van der Waals surface area contributed by atoms with Crippen molar-refractivity contribution in [1.29, 1.82) is 0 Å². The molecule has 4 aliphatic rings. The van der Waals surface area contributed by atoms with Gasteiger partial charge < -0.3 is 5.11 Å². The van der Waals surface area contributed by atoms with Crippen LogP contribution >= 0.6 is 0 Å². The summed E-state index contributed by atoms with van der Waals surface area (Å²) in [5, 5.41) is 10.2. The Morgan fingerprint density at radius 3 is 2.65 bits per heavy atom. The zero-order chi connectivity index (χ0) is 16.4. The van der Waals surface area contributed by atoms with E-state index in [0.29, 0.717) is 17.6 Å². The first-order valence-corrected chi connectivity index (χ1v) is 9.83. The van der Waals surface area contributed by atoms with Crippen LogP contribution in [0.1, 0.15) is 72.1 Å². The molecule has 0 aromatic carbocycles. The van der Waals surface area contributed by atoms with Crippen LogP contribution in [0.25, 0.3) is 0 Å². The summed E-state index contributed by atoms with van der Waals surface area (Å²) in [4.78, 5) is 13.2. The Morgan fingerprint density at radius 2 is 1.91 bits per heavy atom. The Hall–Kier alpha value is -0.630. The van der Waals surface area contributed by atoms with Gasteiger partial charge in [0.15, 0.2) is 5.78 Å². The first-order chi connectivity index (χ1) is 10.9. The van der Waals surface area contributed by atoms with Gasteiger partial charge in [0, 0.05) is 5.41 Å². The summed E-state index contributed by atoms with van der Waals surface area (Å²) in [6.45, 7) is 6.49. The fourth-order valence-corrected chi connectivity index (χ4v) is 7.16. The second kappa shape index (κ2) is 5.18. The van der Waals surface area contributed by atoms with Gasteiger partial charge in [-0.3, -0.25) is 4.79 Å². The number of allylic oxidation sites excluding steroid dienone is 2. The van der Waals surface area contributed by atoms with Crippen molar-refractivity contribution in [2.75, 3.05) is 0 Å². The molecule has 7 atom stereocenters. The fourth-order valence-electron chi connectivity index (χ4n) is 7.16. The highest BCUT2D eigenvalue weighted by Gasteiger charge is 2.60. The quantitative estimate of drug-likeness (QED) is 0.772. The molecule has 0 bridgehead atoms. The molecule has 2 heteroatoms. The van der Waals surface area contributed by atoms with Crippen molar-refractivity contribution >= 4 is 5.78 Å². The van der Waals surface area contributed by atoms with Crippen molar-refractivity contribution in [2.24, 2.45) is 34.5 Å². The van der Waals surface area contributed by atoms with E-state index in [1.54, 1.807) is 0 Å². The molecule has 0 radical (unpaired) electrons. The Balaban J connectivity index is 1.76. The Kier molecular flexibility index (Phi) is 3.58. The molecule has 0 heterocycles. The lowest BCUT2D eigenvalue weighted by atomic mass is 9.48. The molecule has 4 rings (SSSR count). The third-order valence-corrected chi connectivity index (χ3v) is 8.50. The van der Waals surface area contributed by atoms with Gasteiger partial charge in [-0.1, -0.05) is 32.3 Å². The maximum Gasteiger partial charge on any atom is 0.162 e. The van der Waals surface area contributed by atoms with Crippen molar-refractivity contribution in [1.82, 2.24) is 0 Å². The number of rotatable bonds is 1. The molecular formula is C21H32O2. The highest BCUT2D eigenvalue weighted by atomic mass is 16.3. The largest absolute Gasteiger partial charge is 0.393 e. The SMILES string of the molecule is CC(O)C1CCC2C3CCC4CCCCC4(C)C3=CC(=O)C12C. The summed E-state index contributed by atoms with van der Waals surface area (Å²) < 4.78 is 0. The summed E-state index contributed by atoms with van der Waals surface area (Å²) >= 11 is 0. The van der Waals surface area contributed by atoms with Crippen LogP contribution in [0.2, 0.25) is 0 Å². The molecule has 0 aromatic heterocycles. The van der Waals surface area contributed by atoms with Crippen LogP contribution < -0.4 is 0 Å². The van der Waals surface area contributed by atoms with Gasteiger partial charge in [-0.2, -0.15) is 0 Å². The van der Waals surface area contributed by atoms with Gasteiger partial charge in [0.1, 0.15) is 0 Å². The van der Waals surface area contributed by atoms with E-state index in [2.05, 4.69) is 19.9 Å². The minimum absolute atomic E-state index is 0.148. The van der Waals surface area contributed by atoms with E-state index in [-0.39, 0.29) is 22.9 Å². The number of carbonyl (C=O) groups excluding carboxylic acids is 1. The van der Waals surface area contributed by atoms with Crippen molar-refractivity contribution in [3.8, 4) is 0 Å².